The molecule has 16 heteroatoms. The van der Waals surface area contributed by atoms with Gasteiger partial charge in [0.25, 0.3) is 10.0 Å². The van der Waals surface area contributed by atoms with Gasteiger partial charge in [-0.25, -0.2) is 21.6 Å². The summed E-state index contributed by atoms with van der Waals surface area (Å²) in [7, 11) is -5.02. The first-order chi connectivity index (χ1) is 22.8. The minimum absolute atomic E-state index is 0.0387. The number of benzene rings is 3. The minimum Gasteiger partial charge on any atom is -0.493 e. The van der Waals surface area contributed by atoms with E-state index in [2.05, 4.69) is 0 Å². The summed E-state index contributed by atoms with van der Waals surface area (Å²) in [4.78, 5) is 27.9. The normalized spacial score (nSPS) is 19.1. The van der Waals surface area contributed by atoms with Gasteiger partial charge in [0.2, 0.25) is 10.0 Å². The largest absolute Gasteiger partial charge is 0.493 e. The van der Waals surface area contributed by atoms with Gasteiger partial charge in [0.15, 0.2) is 0 Å². The van der Waals surface area contributed by atoms with Crippen LogP contribution in [0.1, 0.15) is 42.6 Å². The molecule has 12 nitrogen and oxygen atoms in total. The molecule has 2 aliphatic heterocycles. The SMILES string of the molecule is CCOc1ccc(S(=O)(=O)N(C)OC)cc1C1=N[C@@H](c2ccc(Cl)cc2)[C@@H](c2ccc(Cl)cc2)N1C(=O)N1CCN(S(=O)(=O)CC)CC1. The molecule has 48 heavy (non-hydrogen) atoms. The van der Waals surface area contributed by atoms with E-state index in [0.29, 0.717) is 15.8 Å². The predicted octanol–water partition coefficient (Wildman–Crippen LogP) is 5.21. The molecule has 0 aliphatic carbocycles. The van der Waals surface area contributed by atoms with Crippen LogP contribution in [0.15, 0.2) is 76.6 Å². The van der Waals surface area contributed by atoms with Crippen LogP contribution in [0.2, 0.25) is 10.0 Å². The Hall–Kier alpha value is -3.24. The Bertz CT molecular complexity index is 1880. The molecule has 2 amide bonds. The number of halogens is 2. The molecule has 3 aromatic carbocycles. The maximum absolute atomic E-state index is 14.8. The van der Waals surface area contributed by atoms with Crippen molar-refractivity contribution in [3.63, 3.8) is 0 Å². The van der Waals surface area contributed by atoms with Gasteiger partial charge in [0, 0.05) is 43.3 Å². The Kier molecular flexibility index (Phi) is 11.0. The van der Waals surface area contributed by atoms with Crippen molar-refractivity contribution in [3.8, 4) is 5.75 Å². The van der Waals surface area contributed by atoms with Gasteiger partial charge in [-0.2, -0.15) is 4.31 Å². The predicted molar refractivity (Wildman–Crippen MR) is 184 cm³/mol. The van der Waals surface area contributed by atoms with Gasteiger partial charge in [-0.1, -0.05) is 51.9 Å². The Morgan fingerprint density at radius 2 is 1.48 bits per heavy atom. The fraction of sp³-hybridized carbons (Fsp3) is 0.375. The summed E-state index contributed by atoms with van der Waals surface area (Å²) in [6.45, 7) is 4.20. The van der Waals surface area contributed by atoms with Crippen LogP contribution in [-0.2, 0) is 24.9 Å². The van der Waals surface area contributed by atoms with Gasteiger partial charge in [0.1, 0.15) is 17.6 Å². The van der Waals surface area contributed by atoms with Gasteiger partial charge >= 0.3 is 6.03 Å². The van der Waals surface area contributed by atoms with E-state index in [1.165, 1.54) is 36.7 Å². The van der Waals surface area contributed by atoms with E-state index >= 15 is 0 Å². The van der Waals surface area contributed by atoms with Crippen molar-refractivity contribution in [1.82, 2.24) is 18.6 Å². The zero-order valence-electron chi connectivity index (χ0n) is 26.9. The molecule has 3 aromatic rings. The number of carbonyl (C=O) groups excluding carboxylic acids is 1. The zero-order valence-corrected chi connectivity index (χ0v) is 30.1. The van der Waals surface area contributed by atoms with Crippen molar-refractivity contribution >= 4 is 55.1 Å². The number of amidine groups is 1. The number of carbonyl (C=O) groups is 1. The molecule has 5 rings (SSSR count). The molecule has 2 aliphatic rings. The zero-order chi connectivity index (χ0) is 34.8. The van der Waals surface area contributed by atoms with E-state index in [1.54, 1.807) is 47.9 Å². The number of ether oxygens (including phenoxy) is 1. The number of amides is 2. The quantitative estimate of drug-likeness (QED) is 0.262. The first kappa shape index (κ1) is 36.1. The third-order valence-electron chi connectivity index (χ3n) is 8.35. The van der Waals surface area contributed by atoms with Crippen LogP contribution in [0.4, 0.5) is 4.79 Å². The second kappa shape index (κ2) is 14.7. The average molecular weight is 739 g/mol. The topological polar surface area (TPSA) is 129 Å². The van der Waals surface area contributed by atoms with Gasteiger partial charge in [-0.15, -0.1) is 0 Å². The lowest BCUT2D eigenvalue weighted by Crippen LogP contribution is -2.55. The van der Waals surface area contributed by atoms with Crippen molar-refractivity contribution in [2.24, 2.45) is 4.99 Å². The van der Waals surface area contributed by atoms with Gasteiger partial charge in [0.05, 0.1) is 36.0 Å². The molecule has 0 unspecified atom stereocenters. The fourth-order valence-corrected chi connectivity index (χ4v) is 8.06. The number of aliphatic imine (C=N–C) groups is 1. The van der Waals surface area contributed by atoms with Crippen molar-refractivity contribution < 1.29 is 31.2 Å². The molecular weight excluding hydrogens is 701 g/mol. The van der Waals surface area contributed by atoms with Crippen molar-refractivity contribution in [2.45, 2.75) is 30.8 Å². The molecule has 0 spiro atoms. The number of piperazine rings is 1. The van der Waals surface area contributed by atoms with Gasteiger partial charge in [-0.05, 0) is 67.4 Å². The van der Waals surface area contributed by atoms with E-state index in [1.807, 2.05) is 24.3 Å². The summed E-state index contributed by atoms with van der Waals surface area (Å²) in [5, 5.41) is 1.03. The summed E-state index contributed by atoms with van der Waals surface area (Å²) in [6.07, 6.45) is 0. The Morgan fingerprint density at radius 3 is 2.02 bits per heavy atom. The Morgan fingerprint density at radius 1 is 0.896 bits per heavy atom. The van der Waals surface area contributed by atoms with E-state index in [9.17, 15) is 21.6 Å². The molecule has 0 bridgehead atoms. The maximum Gasteiger partial charge on any atom is 0.326 e. The molecule has 1 saturated heterocycles. The third kappa shape index (κ3) is 7.20. The summed E-state index contributed by atoms with van der Waals surface area (Å²) in [6, 6.07) is 16.8. The number of hydroxylamine groups is 1. The highest BCUT2D eigenvalue weighted by Crippen LogP contribution is 2.46. The number of hydrogen-bond acceptors (Lipinski definition) is 8. The van der Waals surface area contributed by atoms with Crippen molar-refractivity contribution in [1.29, 1.82) is 0 Å². The third-order valence-corrected chi connectivity index (χ3v) is 12.4. The molecule has 0 aromatic heterocycles. The van der Waals surface area contributed by atoms with Crippen LogP contribution >= 0.6 is 23.2 Å². The second-order valence-electron chi connectivity index (χ2n) is 11.1. The van der Waals surface area contributed by atoms with Crippen LogP contribution in [0.3, 0.4) is 0 Å². The summed E-state index contributed by atoms with van der Waals surface area (Å²) < 4.78 is 60.1. The van der Waals surface area contributed by atoms with Gasteiger partial charge < -0.3 is 9.64 Å². The highest BCUT2D eigenvalue weighted by molar-refractivity contribution is 7.89. The van der Waals surface area contributed by atoms with E-state index in [-0.39, 0.29) is 54.8 Å². The average Bonchev–Trinajstić information content (AvgIpc) is 3.48. The second-order valence-corrected chi connectivity index (χ2v) is 16.1. The van der Waals surface area contributed by atoms with Crippen LogP contribution in [0.25, 0.3) is 0 Å². The van der Waals surface area contributed by atoms with Crippen molar-refractivity contribution in [3.05, 3.63) is 93.5 Å². The highest BCUT2D eigenvalue weighted by atomic mass is 35.5. The molecule has 0 N–H and O–H groups in total. The summed E-state index contributed by atoms with van der Waals surface area (Å²) >= 11 is 12.5. The van der Waals surface area contributed by atoms with Gasteiger partial charge in [-0.3, -0.25) is 14.7 Å². The molecule has 2 heterocycles. The van der Waals surface area contributed by atoms with Crippen molar-refractivity contribution in [2.75, 3.05) is 52.7 Å². The van der Waals surface area contributed by atoms with E-state index < -0.39 is 38.2 Å². The first-order valence-corrected chi connectivity index (χ1v) is 19.1. The number of sulfonamides is 2. The monoisotopic (exact) mass is 737 g/mol. The molecule has 0 saturated carbocycles. The Labute approximate surface area is 291 Å². The number of hydrogen-bond donors (Lipinski definition) is 0. The smallest absolute Gasteiger partial charge is 0.326 e. The first-order valence-electron chi connectivity index (χ1n) is 15.3. The number of urea groups is 1. The summed E-state index contributed by atoms with van der Waals surface area (Å²) in [5.41, 5.74) is 1.75. The van der Waals surface area contributed by atoms with E-state index in [4.69, 9.17) is 37.8 Å². The molecule has 258 valence electrons. The highest BCUT2D eigenvalue weighted by Gasteiger charge is 2.45. The standard InChI is InChI=1S/C32H37Cl2N5O7S2/c1-5-46-28-16-15-26(48(43,44)36(3)45-4)21-27(28)31-35-29(22-7-11-24(33)12-8-22)30(23-9-13-25(34)14-10-23)39(31)32(40)37-17-19-38(20-18-37)47(41,42)6-2/h7-16,21,29-30H,5-6,17-20H2,1-4H3/t29-,30+/m0/s1. The lowest BCUT2D eigenvalue weighted by molar-refractivity contribution is -0.0258. The Balaban J connectivity index is 1.70. The number of rotatable bonds is 10. The molecule has 1 fully saturated rings. The molecule has 2 atom stereocenters. The summed E-state index contributed by atoms with van der Waals surface area (Å²) in [5.74, 6) is 0.464. The molecule has 0 radical (unpaired) electrons. The number of nitrogens with zero attached hydrogens (tertiary/aromatic N) is 5. The minimum atomic E-state index is -4.10. The lowest BCUT2D eigenvalue weighted by Gasteiger charge is -2.38. The van der Waals surface area contributed by atoms with Crippen LogP contribution in [0.5, 0.6) is 5.75 Å². The maximum atomic E-state index is 14.8. The molecular formula is C32H37Cl2N5O7S2. The lowest BCUT2D eigenvalue weighted by atomic mass is 9.93. The fourth-order valence-electron chi connectivity index (χ4n) is 5.72. The van der Waals surface area contributed by atoms with Crippen LogP contribution in [0, 0.1) is 0 Å². The van der Waals surface area contributed by atoms with E-state index in [0.717, 1.165) is 15.6 Å². The van der Waals surface area contributed by atoms with Crippen LogP contribution < -0.4 is 4.74 Å². The van der Waals surface area contributed by atoms with Crippen LogP contribution in [-0.4, -0.2) is 100.0 Å².